The first-order valence-electron chi connectivity index (χ1n) is 4.93. The average molecular weight is 232 g/mol. The van der Waals surface area contributed by atoms with Crippen molar-refractivity contribution in [3.8, 4) is 5.00 Å². The maximum atomic E-state index is 9.14. The highest BCUT2D eigenvalue weighted by Gasteiger charge is 2.12. The van der Waals surface area contributed by atoms with Crippen LogP contribution in [0, 0.1) is 20.4 Å². The van der Waals surface area contributed by atoms with E-state index in [1.54, 1.807) is 11.3 Å². The Labute approximate surface area is 98.4 Å². The summed E-state index contributed by atoms with van der Waals surface area (Å²) in [6.45, 7) is 11.1. The smallest absolute Gasteiger partial charge is 0.221 e. The Bertz CT molecular complexity index is 560. The summed E-state index contributed by atoms with van der Waals surface area (Å²) in [6, 6.07) is 3.78. The Kier molecular flexibility index (Phi) is 2.82. The second-order valence-corrected chi connectivity index (χ2v) is 4.85. The van der Waals surface area contributed by atoms with E-state index in [9.17, 15) is 0 Å². The van der Waals surface area contributed by atoms with Crippen LogP contribution in [0.3, 0.4) is 0 Å². The Morgan fingerprint density at radius 3 is 2.81 bits per heavy atom. The van der Waals surface area contributed by atoms with Gasteiger partial charge in [-0.3, -0.25) is 0 Å². The van der Waals surface area contributed by atoms with E-state index in [0.717, 1.165) is 21.1 Å². The van der Waals surface area contributed by atoms with Gasteiger partial charge in [-0.15, -0.1) is 11.3 Å². The highest BCUT2D eigenvalue weighted by atomic mass is 32.1. The molecule has 2 rings (SSSR count). The molecule has 0 unspecified atom stereocenters. The van der Waals surface area contributed by atoms with Crippen molar-refractivity contribution in [2.75, 3.05) is 0 Å². The lowest BCUT2D eigenvalue weighted by molar-refractivity contribution is 0.281. The van der Waals surface area contributed by atoms with Crippen LogP contribution in [-0.2, 0) is 6.61 Å². The van der Waals surface area contributed by atoms with Crippen molar-refractivity contribution in [1.29, 1.82) is 0 Å². The van der Waals surface area contributed by atoms with Crippen molar-refractivity contribution < 1.29 is 5.11 Å². The van der Waals surface area contributed by atoms with E-state index >= 15 is 0 Å². The predicted molar refractivity (Wildman–Crippen MR) is 65.3 cm³/mol. The molecule has 0 bridgehead atoms. The van der Waals surface area contributed by atoms with Crippen LogP contribution in [-0.4, -0.2) is 9.67 Å². The van der Waals surface area contributed by atoms with Crippen LogP contribution in [0.25, 0.3) is 9.85 Å². The van der Waals surface area contributed by atoms with Gasteiger partial charge in [-0.05, 0) is 36.4 Å². The number of hydrogen-bond donors (Lipinski definition) is 1. The van der Waals surface area contributed by atoms with Crippen LogP contribution in [0.1, 0.15) is 16.1 Å². The van der Waals surface area contributed by atoms with Gasteiger partial charge in [0.25, 0.3) is 0 Å². The molecule has 0 aliphatic carbocycles. The van der Waals surface area contributed by atoms with Gasteiger partial charge in [0.1, 0.15) is 5.00 Å². The highest BCUT2D eigenvalue weighted by Crippen LogP contribution is 2.34. The molecule has 0 saturated carbocycles. The fourth-order valence-electron chi connectivity index (χ4n) is 1.68. The first kappa shape index (κ1) is 10.9. The van der Waals surface area contributed by atoms with Crippen LogP contribution >= 0.6 is 11.3 Å². The van der Waals surface area contributed by atoms with Gasteiger partial charge in [-0.1, -0.05) is 0 Å². The summed E-state index contributed by atoms with van der Waals surface area (Å²) in [5.41, 5.74) is 2.57. The van der Waals surface area contributed by atoms with Crippen LogP contribution < -0.4 is 0 Å². The summed E-state index contributed by atoms with van der Waals surface area (Å²) >= 11 is 1.60. The maximum Gasteiger partial charge on any atom is 0.221 e. The Balaban J connectivity index is 2.59. The van der Waals surface area contributed by atoms with Crippen LogP contribution in [0.5, 0.6) is 0 Å². The van der Waals surface area contributed by atoms with Gasteiger partial charge in [-0.25, -0.2) is 4.85 Å². The first-order valence-corrected chi connectivity index (χ1v) is 5.75. The zero-order chi connectivity index (χ0) is 11.7. The number of aliphatic hydroxyl groups excluding tert-OH is 1. The average Bonchev–Trinajstić information content (AvgIpc) is 2.81. The third-order valence-electron chi connectivity index (χ3n) is 2.58. The molecule has 2 heterocycles. The first-order chi connectivity index (χ1) is 7.67. The third-order valence-corrected chi connectivity index (χ3v) is 3.62. The molecule has 2 aromatic heterocycles. The SMILES string of the molecule is [C-]#[N+]c1cc(C)sc1-n1ccc(CO)c1C. The van der Waals surface area contributed by atoms with Gasteiger partial charge in [0.05, 0.1) is 13.2 Å². The minimum atomic E-state index is 0.0382. The van der Waals surface area contributed by atoms with Crippen molar-refractivity contribution in [2.24, 2.45) is 0 Å². The number of aryl methyl sites for hydroxylation is 1. The zero-order valence-corrected chi connectivity index (χ0v) is 10.0. The predicted octanol–water partition coefficient (Wildman–Crippen LogP) is 3.20. The van der Waals surface area contributed by atoms with E-state index in [2.05, 4.69) is 4.85 Å². The summed E-state index contributed by atoms with van der Waals surface area (Å²) in [7, 11) is 0. The molecular weight excluding hydrogens is 220 g/mol. The quantitative estimate of drug-likeness (QED) is 0.792. The molecule has 0 radical (unpaired) electrons. The fraction of sp³-hybridized carbons (Fsp3) is 0.250. The second kappa shape index (κ2) is 4.12. The molecule has 1 N–H and O–H groups in total. The Morgan fingerprint density at radius 2 is 2.25 bits per heavy atom. The molecule has 0 fully saturated rings. The molecule has 0 atom stereocenters. The van der Waals surface area contributed by atoms with Crippen LogP contribution in [0.15, 0.2) is 18.3 Å². The van der Waals surface area contributed by atoms with Gasteiger partial charge in [-0.2, -0.15) is 0 Å². The van der Waals surface area contributed by atoms with E-state index in [0.29, 0.717) is 5.69 Å². The molecule has 0 spiro atoms. The zero-order valence-electron chi connectivity index (χ0n) is 9.19. The normalized spacial score (nSPS) is 10.4. The second-order valence-electron chi connectivity index (χ2n) is 3.61. The molecule has 3 nitrogen and oxygen atoms in total. The fourth-order valence-corrected chi connectivity index (χ4v) is 2.66. The summed E-state index contributed by atoms with van der Waals surface area (Å²) in [4.78, 5) is 4.65. The number of aliphatic hydroxyl groups is 1. The van der Waals surface area contributed by atoms with E-state index < -0.39 is 0 Å². The van der Waals surface area contributed by atoms with E-state index in [-0.39, 0.29) is 6.61 Å². The molecule has 0 aliphatic rings. The maximum absolute atomic E-state index is 9.14. The summed E-state index contributed by atoms with van der Waals surface area (Å²) in [5.74, 6) is 0. The lowest BCUT2D eigenvalue weighted by atomic mass is 10.3. The minimum absolute atomic E-state index is 0.0382. The molecule has 0 aliphatic heterocycles. The summed E-state index contributed by atoms with van der Waals surface area (Å²) in [5, 5.41) is 10.1. The molecule has 0 amide bonds. The topological polar surface area (TPSA) is 29.5 Å². The van der Waals surface area contributed by atoms with Gasteiger partial charge < -0.3 is 9.67 Å². The van der Waals surface area contributed by atoms with Crippen LogP contribution in [0.2, 0.25) is 0 Å². The number of aromatic nitrogens is 1. The molecular formula is C12H12N2OS. The van der Waals surface area contributed by atoms with E-state index in [1.165, 1.54) is 0 Å². The van der Waals surface area contributed by atoms with Gasteiger partial charge in [0, 0.05) is 11.9 Å². The lowest BCUT2D eigenvalue weighted by Crippen LogP contribution is -1.93. The van der Waals surface area contributed by atoms with Crippen molar-refractivity contribution in [3.05, 3.63) is 45.9 Å². The molecule has 82 valence electrons. The van der Waals surface area contributed by atoms with Crippen molar-refractivity contribution in [2.45, 2.75) is 20.5 Å². The molecule has 0 saturated heterocycles. The van der Waals surface area contributed by atoms with Gasteiger partial charge >= 0.3 is 0 Å². The largest absolute Gasteiger partial charge is 0.392 e. The molecule has 2 aromatic rings. The summed E-state index contributed by atoms with van der Waals surface area (Å²) < 4.78 is 1.97. The van der Waals surface area contributed by atoms with Gasteiger partial charge in [0.15, 0.2) is 0 Å². The number of thiophene rings is 1. The number of hydrogen-bond acceptors (Lipinski definition) is 2. The standard InChI is InChI=1S/C12H12N2OS/c1-8-6-11(13-3)12(16-8)14-5-4-10(7-15)9(14)2/h4-6,15H,7H2,1-2H3. The van der Waals surface area contributed by atoms with Crippen molar-refractivity contribution in [3.63, 3.8) is 0 Å². The highest BCUT2D eigenvalue weighted by molar-refractivity contribution is 7.15. The van der Waals surface area contributed by atoms with Crippen molar-refractivity contribution >= 4 is 17.0 Å². The number of rotatable bonds is 2. The molecule has 4 heteroatoms. The monoisotopic (exact) mass is 232 g/mol. The molecule has 0 aromatic carbocycles. The van der Waals surface area contributed by atoms with Crippen molar-refractivity contribution in [1.82, 2.24) is 4.57 Å². The lowest BCUT2D eigenvalue weighted by Gasteiger charge is -2.04. The number of nitrogens with zero attached hydrogens (tertiary/aromatic N) is 2. The van der Waals surface area contributed by atoms with E-state index in [1.807, 2.05) is 36.7 Å². The van der Waals surface area contributed by atoms with Gasteiger partial charge in [0.2, 0.25) is 5.69 Å². The Hall–Kier alpha value is -1.57. The third kappa shape index (κ3) is 1.64. The minimum Gasteiger partial charge on any atom is -0.392 e. The summed E-state index contributed by atoms with van der Waals surface area (Å²) in [6.07, 6.45) is 1.90. The molecule has 16 heavy (non-hydrogen) atoms. The van der Waals surface area contributed by atoms with Crippen LogP contribution in [0.4, 0.5) is 5.69 Å². The Morgan fingerprint density at radius 1 is 1.50 bits per heavy atom. The van der Waals surface area contributed by atoms with E-state index in [4.69, 9.17) is 11.7 Å².